The van der Waals surface area contributed by atoms with E-state index in [0.717, 1.165) is 7.14 Å². The Morgan fingerprint density at radius 3 is 2.70 bits per heavy atom. The molecule has 3 nitrogen and oxygen atoms in total. The fraction of sp³-hybridized carbons (Fsp3) is 0.200. The highest BCUT2D eigenvalue weighted by atomic mass is 127. The minimum absolute atomic E-state index is 0.0347. The van der Waals surface area contributed by atoms with Gasteiger partial charge in [-0.2, -0.15) is 5.10 Å². The molecular formula is C5H4I2N2O. The molecule has 1 aromatic heterocycles. The maximum atomic E-state index is 11.1. The Morgan fingerprint density at radius 2 is 2.20 bits per heavy atom. The lowest BCUT2D eigenvalue weighted by molar-refractivity contribution is 0.698. The first-order valence-electron chi connectivity index (χ1n) is 2.50. The van der Waals surface area contributed by atoms with Crippen LogP contribution in [-0.4, -0.2) is 9.78 Å². The van der Waals surface area contributed by atoms with E-state index in [-0.39, 0.29) is 5.56 Å². The Labute approximate surface area is 85.1 Å². The van der Waals surface area contributed by atoms with Crippen LogP contribution in [0.1, 0.15) is 0 Å². The second kappa shape index (κ2) is 3.16. The summed E-state index contributed by atoms with van der Waals surface area (Å²) in [6.07, 6.45) is 1.67. The first kappa shape index (κ1) is 8.44. The summed E-state index contributed by atoms with van der Waals surface area (Å²) in [4.78, 5) is 11.1. The topological polar surface area (TPSA) is 34.9 Å². The van der Waals surface area contributed by atoms with Crippen LogP contribution >= 0.6 is 45.2 Å². The van der Waals surface area contributed by atoms with Crippen molar-refractivity contribution in [2.24, 2.45) is 7.05 Å². The standard InChI is InChI=1S/C5H4I2N2O/c1-9-5(10)4(7)3(6)2-8-9/h2H,1H3. The number of hydrogen-bond acceptors (Lipinski definition) is 2. The molecule has 0 saturated heterocycles. The Morgan fingerprint density at radius 1 is 1.60 bits per heavy atom. The SMILES string of the molecule is Cn1ncc(I)c(I)c1=O. The van der Waals surface area contributed by atoms with Crippen molar-refractivity contribution in [2.75, 3.05) is 0 Å². The predicted octanol–water partition coefficient (Wildman–Crippen LogP) is 0.990. The summed E-state index contributed by atoms with van der Waals surface area (Å²) < 4.78 is 2.96. The zero-order valence-corrected chi connectivity index (χ0v) is 9.45. The molecule has 0 aliphatic heterocycles. The molecule has 0 atom stereocenters. The summed E-state index contributed by atoms with van der Waals surface area (Å²) in [5, 5.41) is 3.83. The van der Waals surface area contributed by atoms with E-state index in [4.69, 9.17) is 0 Å². The maximum Gasteiger partial charge on any atom is 0.280 e. The number of nitrogens with zero attached hydrogens (tertiary/aromatic N) is 2. The summed E-state index contributed by atoms with van der Waals surface area (Å²) in [6.45, 7) is 0. The number of hydrogen-bond donors (Lipinski definition) is 0. The van der Waals surface area contributed by atoms with Gasteiger partial charge in [-0.05, 0) is 45.2 Å². The molecule has 54 valence electrons. The van der Waals surface area contributed by atoms with Crippen LogP contribution in [0, 0.1) is 7.14 Å². The van der Waals surface area contributed by atoms with Crippen molar-refractivity contribution >= 4 is 45.2 Å². The molecule has 0 aliphatic carbocycles. The lowest BCUT2D eigenvalue weighted by atomic mass is 10.6. The van der Waals surface area contributed by atoms with Gasteiger partial charge in [-0.25, -0.2) is 4.68 Å². The largest absolute Gasteiger partial charge is 0.280 e. The van der Waals surface area contributed by atoms with E-state index in [0.29, 0.717) is 0 Å². The normalized spacial score (nSPS) is 9.90. The second-order valence-corrected chi connectivity index (χ2v) is 3.98. The third-order valence-corrected chi connectivity index (χ3v) is 3.93. The molecule has 0 bridgehead atoms. The molecule has 0 aromatic carbocycles. The average molecular weight is 362 g/mol. The number of rotatable bonds is 0. The van der Waals surface area contributed by atoms with Crippen molar-refractivity contribution in [1.82, 2.24) is 9.78 Å². The van der Waals surface area contributed by atoms with Gasteiger partial charge >= 0.3 is 0 Å². The van der Waals surface area contributed by atoms with Crippen LogP contribution in [0.25, 0.3) is 0 Å². The first-order valence-corrected chi connectivity index (χ1v) is 4.66. The minimum Gasteiger partial charge on any atom is -0.267 e. The van der Waals surface area contributed by atoms with Gasteiger partial charge in [0.15, 0.2) is 0 Å². The van der Waals surface area contributed by atoms with Crippen LogP contribution in [-0.2, 0) is 7.05 Å². The molecular weight excluding hydrogens is 358 g/mol. The first-order chi connectivity index (χ1) is 4.63. The Hall–Kier alpha value is 0.340. The van der Waals surface area contributed by atoms with E-state index in [1.165, 1.54) is 4.68 Å². The molecule has 0 aliphatic rings. The van der Waals surface area contributed by atoms with Gasteiger partial charge in [-0.3, -0.25) is 4.79 Å². The van der Waals surface area contributed by atoms with E-state index in [1.807, 2.05) is 22.6 Å². The Kier molecular flexibility index (Phi) is 2.67. The zero-order valence-electron chi connectivity index (χ0n) is 5.14. The van der Waals surface area contributed by atoms with Gasteiger partial charge in [0.1, 0.15) is 0 Å². The number of aryl methyl sites for hydroxylation is 1. The summed E-state index contributed by atoms with van der Waals surface area (Å²) in [5.41, 5.74) is -0.0347. The average Bonchev–Trinajstić information content (AvgIpc) is 1.93. The number of aromatic nitrogens is 2. The van der Waals surface area contributed by atoms with Crippen molar-refractivity contribution in [3.63, 3.8) is 0 Å². The van der Waals surface area contributed by atoms with Crippen molar-refractivity contribution < 1.29 is 0 Å². The molecule has 0 amide bonds. The molecule has 0 N–H and O–H groups in total. The Bertz CT molecular complexity index is 307. The maximum absolute atomic E-state index is 11.1. The van der Waals surface area contributed by atoms with Gasteiger partial charge in [0.25, 0.3) is 5.56 Å². The smallest absolute Gasteiger partial charge is 0.267 e. The van der Waals surface area contributed by atoms with Crippen molar-refractivity contribution in [2.45, 2.75) is 0 Å². The molecule has 0 unspecified atom stereocenters. The minimum atomic E-state index is -0.0347. The van der Waals surface area contributed by atoms with Crippen LogP contribution in [0.2, 0.25) is 0 Å². The molecule has 0 fully saturated rings. The molecule has 10 heavy (non-hydrogen) atoms. The van der Waals surface area contributed by atoms with Crippen LogP contribution < -0.4 is 5.56 Å². The van der Waals surface area contributed by atoms with Crippen LogP contribution in [0.15, 0.2) is 11.0 Å². The highest BCUT2D eigenvalue weighted by Crippen LogP contribution is 2.07. The molecule has 0 radical (unpaired) electrons. The summed E-state index contributed by atoms with van der Waals surface area (Å²) >= 11 is 4.10. The van der Waals surface area contributed by atoms with Gasteiger partial charge in [0.2, 0.25) is 0 Å². The van der Waals surface area contributed by atoms with Crippen molar-refractivity contribution in [3.8, 4) is 0 Å². The number of halogens is 2. The van der Waals surface area contributed by atoms with E-state index >= 15 is 0 Å². The van der Waals surface area contributed by atoms with Gasteiger partial charge < -0.3 is 0 Å². The molecule has 0 spiro atoms. The van der Waals surface area contributed by atoms with E-state index in [9.17, 15) is 4.79 Å². The summed E-state index contributed by atoms with van der Waals surface area (Å²) in [6, 6.07) is 0. The van der Waals surface area contributed by atoms with Crippen LogP contribution in [0.5, 0.6) is 0 Å². The van der Waals surface area contributed by atoms with E-state index < -0.39 is 0 Å². The fourth-order valence-electron chi connectivity index (χ4n) is 0.491. The van der Waals surface area contributed by atoms with Crippen LogP contribution in [0.4, 0.5) is 0 Å². The lowest BCUT2D eigenvalue weighted by Crippen LogP contribution is -2.22. The second-order valence-electron chi connectivity index (χ2n) is 1.74. The third kappa shape index (κ3) is 1.49. The van der Waals surface area contributed by atoms with Crippen molar-refractivity contribution in [3.05, 3.63) is 23.7 Å². The lowest BCUT2D eigenvalue weighted by Gasteiger charge is -1.96. The highest BCUT2D eigenvalue weighted by molar-refractivity contribution is 14.1. The highest BCUT2D eigenvalue weighted by Gasteiger charge is 2.01. The summed E-state index contributed by atoms with van der Waals surface area (Å²) in [7, 11) is 1.64. The molecule has 1 aromatic rings. The molecule has 1 heterocycles. The van der Waals surface area contributed by atoms with E-state index in [1.54, 1.807) is 13.2 Å². The molecule has 5 heteroatoms. The van der Waals surface area contributed by atoms with Gasteiger partial charge in [0, 0.05) is 7.05 Å². The quantitative estimate of drug-likeness (QED) is 0.646. The predicted molar refractivity (Wildman–Crippen MR) is 54.9 cm³/mol. The fourth-order valence-corrected chi connectivity index (χ4v) is 1.33. The van der Waals surface area contributed by atoms with E-state index in [2.05, 4.69) is 27.7 Å². The zero-order chi connectivity index (χ0) is 7.72. The molecule has 1 rings (SSSR count). The van der Waals surface area contributed by atoms with Gasteiger partial charge in [0.05, 0.1) is 13.3 Å². The van der Waals surface area contributed by atoms with Crippen molar-refractivity contribution in [1.29, 1.82) is 0 Å². The summed E-state index contributed by atoms with van der Waals surface area (Å²) in [5.74, 6) is 0. The third-order valence-electron chi connectivity index (χ3n) is 1.04. The van der Waals surface area contributed by atoms with Gasteiger partial charge in [-0.1, -0.05) is 0 Å². The molecule has 0 saturated carbocycles. The monoisotopic (exact) mass is 362 g/mol. The van der Waals surface area contributed by atoms with Crippen LogP contribution in [0.3, 0.4) is 0 Å². The Balaban J connectivity index is 3.50. The van der Waals surface area contributed by atoms with Gasteiger partial charge in [-0.15, -0.1) is 0 Å².